The first-order chi connectivity index (χ1) is 6.57. The maximum atomic E-state index is 13.4. The van der Waals surface area contributed by atoms with E-state index in [2.05, 4.69) is 5.32 Å². The maximum absolute atomic E-state index is 13.4. The smallest absolute Gasteiger partial charge is 0.239 e. The number of rotatable bonds is 3. The minimum absolute atomic E-state index is 0.0241. The van der Waals surface area contributed by atoms with Crippen LogP contribution in [0, 0.1) is 5.82 Å². The lowest BCUT2D eigenvalue weighted by molar-refractivity contribution is -0.120. The SMILES string of the molecule is CNC(C(N)=O)c1cccc(Cl)c1F. The molecule has 1 rings (SSSR count). The number of likely N-dealkylation sites (N-methyl/N-ethyl adjacent to an activating group) is 1. The van der Waals surface area contributed by atoms with E-state index >= 15 is 0 Å². The molecular weight excluding hydrogens is 207 g/mol. The number of halogens is 2. The summed E-state index contributed by atoms with van der Waals surface area (Å²) in [6.07, 6.45) is 0. The minimum Gasteiger partial charge on any atom is -0.368 e. The molecule has 5 heteroatoms. The number of benzene rings is 1. The predicted molar refractivity (Wildman–Crippen MR) is 52.4 cm³/mol. The van der Waals surface area contributed by atoms with Gasteiger partial charge in [0.05, 0.1) is 5.02 Å². The first-order valence-electron chi connectivity index (χ1n) is 3.98. The highest BCUT2D eigenvalue weighted by Crippen LogP contribution is 2.22. The molecule has 0 radical (unpaired) electrons. The van der Waals surface area contributed by atoms with E-state index in [-0.39, 0.29) is 10.6 Å². The normalized spacial score (nSPS) is 12.5. The Bertz CT molecular complexity index is 357. The van der Waals surface area contributed by atoms with Gasteiger partial charge in [-0.3, -0.25) is 4.79 Å². The van der Waals surface area contributed by atoms with Gasteiger partial charge >= 0.3 is 0 Å². The first-order valence-corrected chi connectivity index (χ1v) is 4.36. The Kier molecular flexibility index (Phi) is 3.43. The van der Waals surface area contributed by atoms with E-state index < -0.39 is 17.8 Å². The molecule has 76 valence electrons. The van der Waals surface area contributed by atoms with Gasteiger partial charge in [-0.15, -0.1) is 0 Å². The van der Waals surface area contributed by atoms with Crippen molar-refractivity contribution in [1.82, 2.24) is 5.32 Å². The van der Waals surface area contributed by atoms with Crippen LogP contribution in [0.15, 0.2) is 18.2 Å². The van der Waals surface area contributed by atoms with Crippen molar-refractivity contribution in [3.63, 3.8) is 0 Å². The van der Waals surface area contributed by atoms with Crippen molar-refractivity contribution < 1.29 is 9.18 Å². The summed E-state index contributed by atoms with van der Waals surface area (Å²) >= 11 is 5.56. The van der Waals surface area contributed by atoms with Gasteiger partial charge in [0.2, 0.25) is 5.91 Å². The van der Waals surface area contributed by atoms with Gasteiger partial charge in [0, 0.05) is 5.56 Å². The van der Waals surface area contributed by atoms with Crippen LogP contribution in [0.2, 0.25) is 5.02 Å². The lowest BCUT2D eigenvalue weighted by atomic mass is 10.1. The fourth-order valence-electron chi connectivity index (χ4n) is 1.19. The molecule has 1 unspecified atom stereocenters. The average molecular weight is 217 g/mol. The Morgan fingerprint density at radius 1 is 1.64 bits per heavy atom. The van der Waals surface area contributed by atoms with E-state index in [4.69, 9.17) is 17.3 Å². The summed E-state index contributed by atoms with van der Waals surface area (Å²) in [5.74, 6) is -1.26. The third-order valence-corrected chi connectivity index (χ3v) is 2.16. The predicted octanol–water partition coefficient (Wildman–Crippen LogP) is 1.22. The summed E-state index contributed by atoms with van der Waals surface area (Å²) in [6.45, 7) is 0. The van der Waals surface area contributed by atoms with Crippen molar-refractivity contribution in [2.75, 3.05) is 7.05 Å². The molecule has 0 bridgehead atoms. The Hall–Kier alpha value is -1.13. The highest BCUT2D eigenvalue weighted by atomic mass is 35.5. The molecule has 3 N–H and O–H groups in total. The second kappa shape index (κ2) is 4.39. The van der Waals surface area contributed by atoms with Gasteiger partial charge < -0.3 is 11.1 Å². The lowest BCUT2D eigenvalue weighted by Crippen LogP contribution is -2.31. The van der Waals surface area contributed by atoms with Crippen LogP contribution < -0.4 is 11.1 Å². The fourth-order valence-corrected chi connectivity index (χ4v) is 1.38. The van der Waals surface area contributed by atoms with Gasteiger partial charge in [-0.25, -0.2) is 4.39 Å². The van der Waals surface area contributed by atoms with Gasteiger partial charge in [-0.1, -0.05) is 23.7 Å². The molecule has 0 fully saturated rings. The Balaban J connectivity index is 3.16. The Morgan fingerprint density at radius 2 is 2.29 bits per heavy atom. The summed E-state index contributed by atoms with van der Waals surface area (Å²) in [4.78, 5) is 10.9. The lowest BCUT2D eigenvalue weighted by Gasteiger charge is -2.13. The molecule has 1 aromatic rings. The Labute approximate surface area is 86.0 Å². The molecule has 1 aromatic carbocycles. The highest BCUT2D eigenvalue weighted by molar-refractivity contribution is 6.30. The van der Waals surface area contributed by atoms with Crippen LogP contribution in [-0.2, 0) is 4.79 Å². The zero-order valence-corrected chi connectivity index (χ0v) is 8.31. The molecule has 1 atom stereocenters. The second-order valence-electron chi connectivity index (χ2n) is 2.77. The number of nitrogens with one attached hydrogen (secondary N) is 1. The van der Waals surface area contributed by atoms with Crippen molar-refractivity contribution >= 4 is 17.5 Å². The third kappa shape index (κ3) is 2.02. The molecule has 0 aliphatic carbocycles. The molecule has 0 aromatic heterocycles. The van der Waals surface area contributed by atoms with E-state index in [9.17, 15) is 9.18 Å². The molecule has 0 spiro atoms. The van der Waals surface area contributed by atoms with Crippen LogP contribution >= 0.6 is 11.6 Å². The van der Waals surface area contributed by atoms with Crippen LogP contribution in [0.1, 0.15) is 11.6 Å². The maximum Gasteiger partial charge on any atom is 0.239 e. The Morgan fingerprint density at radius 3 is 2.79 bits per heavy atom. The number of hydrogen-bond donors (Lipinski definition) is 2. The van der Waals surface area contributed by atoms with Crippen LogP contribution in [0.25, 0.3) is 0 Å². The summed E-state index contributed by atoms with van der Waals surface area (Å²) in [5, 5.41) is 2.59. The number of primary amides is 1. The van der Waals surface area contributed by atoms with Gasteiger partial charge in [-0.05, 0) is 13.1 Å². The topological polar surface area (TPSA) is 55.1 Å². The number of carbonyl (C=O) groups excluding carboxylic acids is 1. The zero-order chi connectivity index (χ0) is 10.7. The van der Waals surface area contributed by atoms with Crippen molar-refractivity contribution in [2.24, 2.45) is 5.73 Å². The van der Waals surface area contributed by atoms with Gasteiger partial charge in [0.15, 0.2) is 0 Å². The molecule has 1 amide bonds. The summed E-state index contributed by atoms with van der Waals surface area (Å²) in [6, 6.07) is 3.59. The first kappa shape index (κ1) is 10.9. The molecule has 0 aliphatic heterocycles. The molecule has 0 saturated heterocycles. The summed E-state index contributed by atoms with van der Waals surface area (Å²) in [5.41, 5.74) is 5.25. The molecule has 0 saturated carbocycles. The van der Waals surface area contributed by atoms with E-state index in [1.54, 1.807) is 6.07 Å². The molecule has 14 heavy (non-hydrogen) atoms. The molecule has 3 nitrogen and oxygen atoms in total. The summed E-state index contributed by atoms with van der Waals surface area (Å²) in [7, 11) is 1.52. The van der Waals surface area contributed by atoms with Gasteiger partial charge in [0.1, 0.15) is 11.9 Å². The fraction of sp³-hybridized carbons (Fsp3) is 0.222. The standard InChI is InChI=1S/C9H10ClFN2O/c1-13-8(9(12)14)5-3-2-4-6(10)7(5)11/h2-4,8,13H,1H3,(H2,12,14). The molecule has 0 heterocycles. The van der Waals surface area contributed by atoms with E-state index in [1.165, 1.54) is 19.2 Å². The minimum atomic E-state index is -0.853. The molecular formula is C9H10ClFN2O. The zero-order valence-electron chi connectivity index (χ0n) is 7.55. The monoisotopic (exact) mass is 216 g/mol. The van der Waals surface area contributed by atoms with E-state index in [0.29, 0.717) is 0 Å². The van der Waals surface area contributed by atoms with Crippen LogP contribution in [0.3, 0.4) is 0 Å². The second-order valence-corrected chi connectivity index (χ2v) is 3.17. The van der Waals surface area contributed by atoms with Crippen molar-refractivity contribution in [3.05, 3.63) is 34.6 Å². The largest absolute Gasteiger partial charge is 0.368 e. The number of nitrogens with two attached hydrogens (primary N) is 1. The van der Waals surface area contributed by atoms with Crippen LogP contribution in [0.4, 0.5) is 4.39 Å². The van der Waals surface area contributed by atoms with E-state index in [0.717, 1.165) is 0 Å². The number of hydrogen-bond acceptors (Lipinski definition) is 2. The van der Waals surface area contributed by atoms with E-state index in [1.807, 2.05) is 0 Å². The quantitative estimate of drug-likeness (QED) is 0.799. The van der Waals surface area contributed by atoms with Crippen molar-refractivity contribution in [3.8, 4) is 0 Å². The van der Waals surface area contributed by atoms with Crippen molar-refractivity contribution in [2.45, 2.75) is 6.04 Å². The van der Waals surface area contributed by atoms with Crippen LogP contribution in [0.5, 0.6) is 0 Å². The molecule has 0 aliphatic rings. The van der Waals surface area contributed by atoms with Crippen LogP contribution in [-0.4, -0.2) is 13.0 Å². The van der Waals surface area contributed by atoms with Crippen molar-refractivity contribution in [1.29, 1.82) is 0 Å². The number of carbonyl (C=O) groups is 1. The van der Waals surface area contributed by atoms with Gasteiger partial charge in [0.25, 0.3) is 0 Å². The summed E-state index contributed by atoms with van der Waals surface area (Å²) < 4.78 is 13.4. The number of amides is 1. The third-order valence-electron chi connectivity index (χ3n) is 1.87. The average Bonchev–Trinajstić information content (AvgIpc) is 2.13. The van der Waals surface area contributed by atoms with Gasteiger partial charge in [-0.2, -0.15) is 0 Å². The highest BCUT2D eigenvalue weighted by Gasteiger charge is 2.20.